The van der Waals surface area contributed by atoms with Gasteiger partial charge >= 0.3 is 5.97 Å². The number of benzene rings is 1. The molecule has 3 atom stereocenters. The average Bonchev–Trinajstić information content (AvgIpc) is 3.07. The van der Waals surface area contributed by atoms with Gasteiger partial charge in [-0.3, -0.25) is 9.00 Å². The second-order valence-corrected chi connectivity index (χ2v) is 7.53. The maximum absolute atomic E-state index is 11.9. The van der Waals surface area contributed by atoms with Crippen molar-refractivity contribution in [1.82, 2.24) is 0 Å². The molecule has 0 saturated carbocycles. The van der Waals surface area contributed by atoms with E-state index in [0.29, 0.717) is 12.8 Å². The molecule has 0 fully saturated rings. The van der Waals surface area contributed by atoms with E-state index in [9.17, 15) is 9.00 Å². The molecule has 1 aliphatic heterocycles. The number of carbonyl (C=O) groups excluding carboxylic acids is 1. The van der Waals surface area contributed by atoms with Gasteiger partial charge in [0.15, 0.2) is 0 Å². The summed E-state index contributed by atoms with van der Waals surface area (Å²) < 4.78 is 16.8. The lowest BCUT2D eigenvalue weighted by Gasteiger charge is -2.15. The largest absolute Gasteiger partial charge is 0.465 e. The zero-order chi connectivity index (χ0) is 18.2. The zero-order valence-electron chi connectivity index (χ0n) is 14.6. The molecule has 1 N–H and O–H groups in total. The number of hydrogen-bond acceptors (Lipinski definition) is 6. The highest BCUT2D eigenvalue weighted by atomic mass is 32.2. The Labute approximate surface area is 150 Å². The van der Waals surface area contributed by atoms with Gasteiger partial charge in [-0.1, -0.05) is 29.4 Å². The van der Waals surface area contributed by atoms with Crippen LogP contribution in [0.3, 0.4) is 0 Å². The molecule has 1 heterocycles. The van der Waals surface area contributed by atoms with Crippen molar-refractivity contribution in [3.8, 4) is 0 Å². The molecule has 25 heavy (non-hydrogen) atoms. The van der Waals surface area contributed by atoms with Crippen LogP contribution in [0.5, 0.6) is 0 Å². The monoisotopic (exact) mass is 367 g/mol. The highest BCUT2D eigenvalue weighted by Gasteiger charge is 2.32. The second kappa shape index (κ2) is 9.68. The molecule has 6 nitrogen and oxygen atoms in total. The van der Waals surface area contributed by atoms with E-state index >= 15 is 0 Å². The number of oxime groups is 1. The molecule has 0 aliphatic carbocycles. The maximum atomic E-state index is 11.9. The van der Waals surface area contributed by atoms with Gasteiger partial charge in [0.25, 0.3) is 0 Å². The Morgan fingerprint density at radius 1 is 1.44 bits per heavy atom. The Morgan fingerprint density at radius 3 is 2.76 bits per heavy atom. The summed E-state index contributed by atoms with van der Waals surface area (Å²) >= 11 is 0. The third kappa shape index (κ3) is 5.64. The lowest BCUT2D eigenvalue weighted by molar-refractivity contribution is -0.143. The molecular formula is C18H25NO5S. The minimum atomic E-state index is -1.32. The summed E-state index contributed by atoms with van der Waals surface area (Å²) in [7, 11) is -1.32. The first-order valence-corrected chi connectivity index (χ1v) is 10.1. The quantitative estimate of drug-likeness (QED) is 0.673. The molecule has 0 radical (unpaired) electrons. The fraction of sp³-hybridized carbons (Fsp3) is 0.556. The molecule has 0 spiro atoms. The van der Waals surface area contributed by atoms with E-state index in [2.05, 4.69) is 5.16 Å². The van der Waals surface area contributed by atoms with Crippen LogP contribution in [0.2, 0.25) is 0 Å². The molecule has 1 aromatic rings. The Balaban J connectivity index is 1.93. The van der Waals surface area contributed by atoms with Gasteiger partial charge in [0.2, 0.25) is 0 Å². The van der Waals surface area contributed by atoms with Gasteiger partial charge in [0.05, 0.1) is 12.3 Å². The van der Waals surface area contributed by atoms with Gasteiger partial charge in [-0.25, -0.2) is 0 Å². The van der Waals surface area contributed by atoms with Crippen LogP contribution in [-0.4, -0.2) is 51.8 Å². The third-order valence-corrected chi connectivity index (χ3v) is 5.26. The molecule has 0 amide bonds. The van der Waals surface area contributed by atoms with Crippen LogP contribution < -0.4 is 0 Å². The van der Waals surface area contributed by atoms with Crippen molar-refractivity contribution in [3.63, 3.8) is 0 Å². The maximum Gasteiger partial charge on any atom is 0.321 e. The molecule has 1 aliphatic rings. The van der Waals surface area contributed by atoms with Gasteiger partial charge in [0.1, 0.15) is 11.4 Å². The number of ether oxygens (including phenoxy) is 1. The van der Waals surface area contributed by atoms with Crippen LogP contribution in [0, 0.1) is 0 Å². The number of aliphatic hydroxyl groups is 1. The van der Waals surface area contributed by atoms with Crippen LogP contribution in [0.4, 0.5) is 0 Å². The molecular weight excluding hydrogens is 342 g/mol. The smallest absolute Gasteiger partial charge is 0.321 e. The topological polar surface area (TPSA) is 85.2 Å². The van der Waals surface area contributed by atoms with Crippen molar-refractivity contribution in [1.29, 1.82) is 0 Å². The van der Waals surface area contributed by atoms with Crippen molar-refractivity contribution < 1.29 is 23.7 Å². The van der Waals surface area contributed by atoms with Gasteiger partial charge in [-0.05, 0) is 30.9 Å². The van der Waals surface area contributed by atoms with Crippen LogP contribution in [0.1, 0.15) is 37.3 Å². The summed E-state index contributed by atoms with van der Waals surface area (Å²) in [6, 6.07) is 8.00. The minimum Gasteiger partial charge on any atom is -0.465 e. The highest BCUT2D eigenvalue weighted by molar-refractivity contribution is 7.85. The fourth-order valence-electron chi connectivity index (χ4n) is 2.71. The van der Waals surface area contributed by atoms with E-state index in [1.165, 1.54) is 6.26 Å². The second-order valence-electron chi connectivity index (χ2n) is 5.97. The lowest BCUT2D eigenvalue weighted by Crippen LogP contribution is -2.31. The van der Waals surface area contributed by atoms with Crippen LogP contribution >= 0.6 is 0 Å². The summed E-state index contributed by atoms with van der Waals surface area (Å²) in [5, 5.41) is 12.3. The summed E-state index contributed by atoms with van der Waals surface area (Å²) in [6.45, 7) is 2.18. The number of hydrogen-bond donors (Lipinski definition) is 1. The van der Waals surface area contributed by atoms with E-state index in [4.69, 9.17) is 14.7 Å². The van der Waals surface area contributed by atoms with E-state index in [1.807, 2.05) is 24.3 Å². The number of aryl methyl sites for hydroxylation is 1. The number of esters is 1. The third-order valence-electron chi connectivity index (χ3n) is 4.07. The van der Waals surface area contributed by atoms with Crippen LogP contribution in [0.15, 0.2) is 29.4 Å². The van der Waals surface area contributed by atoms with Gasteiger partial charge in [-0.2, -0.15) is 0 Å². The first-order valence-electron chi connectivity index (χ1n) is 8.46. The molecule has 0 bridgehead atoms. The Kier molecular flexibility index (Phi) is 7.58. The van der Waals surface area contributed by atoms with Gasteiger partial charge in [-0.15, -0.1) is 0 Å². The molecule has 3 unspecified atom stereocenters. The van der Waals surface area contributed by atoms with Crippen molar-refractivity contribution in [2.45, 2.75) is 44.0 Å². The Bertz CT molecular complexity index is 629. The Morgan fingerprint density at radius 2 is 2.16 bits per heavy atom. The van der Waals surface area contributed by atoms with E-state index in [-0.39, 0.29) is 19.3 Å². The number of carbonyl (C=O) groups is 1. The standard InChI is InChI=1S/C18H25NO5S/c1-3-23-18(21)17(25(2)22)12-15-11-16(19-24-15)14-8-6-13(7-9-14)5-4-10-20/h6-9,15,17,20H,3-5,10-12H2,1-2H3. The first kappa shape index (κ1) is 19.6. The van der Waals surface area contributed by atoms with Crippen molar-refractivity contribution >= 4 is 22.5 Å². The van der Waals surface area contributed by atoms with Gasteiger partial charge in [0, 0.05) is 36.5 Å². The van der Waals surface area contributed by atoms with Gasteiger partial charge < -0.3 is 14.7 Å². The van der Waals surface area contributed by atoms with Crippen LogP contribution in [0.25, 0.3) is 0 Å². The number of rotatable bonds is 9. The Hall–Kier alpha value is -1.73. The average molecular weight is 367 g/mol. The normalized spacial score (nSPS) is 19.0. The molecule has 2 rings (SSSR count). The van der Waals surface area contributed by atoms with E-state index in [0.717, 1.165) is 29.7 Å². The summed E-state index contributed by atoms with van der Waals surface area (Å²) in [5.41, 5.74) is 2.96. The molecule has 0 aromatic heterocycles. The molecule has 1 aromatic carbocycles. The summed E-state index contributed by atoms with van der Waals surface area (Å²) in [6.07, 6.45) is 3.71. The summed E-state index contributed by atoms with van der Waals surface area (Å²) in [4.78, 5) is 17.4. The van der Waals surface area contributed by atoms with Crippen molar-refractivity contribution in [3.05, 3.63) is 35.4 Å². The van der Waals surface area contributed by atoms with E-state index < -0.39 is 22.0 Å². The summed E-state index contributed by atoms with van der Waals surface area (Å²) in [5.74, 6) is -0.450. The molecule has 138 valence electrons. The first-order chi connectivity index (χ1) is 12.0. The fourth-order valence-corrected chi connectivity index (χ4v) is 3.54. The lowest BCUT2D eigenvalue weighted by atomic mass is 10.0. The predicted octanol–water partition coefficient (Wildman–Crippen LogP) is 1.80. The van der Waals surface area contributed by atoms with E-state index in [1.54, 1.807) is 6.92 Å². The number of aliphatic hydroxyl groups excluding tert-OH is 1. The number of nitrogens with zero attached hydrogens (tertiary/aromatic N) is 1. The predicted molar refractivity (Wildman–Crippen MR) is 97.0 cm³/mol. The molecule has 7 heteroatoms. The minimum absolute atomic E-state index is 0.185. The van der Waals surface area contributed by atoms with Crippen LogP contribution in [-0.2, 0) is 31.6 Å². The van der Waals surface area contributed by atoms with Crippen molar-refractivity contribution in [2.75, 3.05) is 19.5 Å². The van der Waals surface area contributed by atoms with Crippen molar-refractivity contribution in [2.24, 2.45) is 5.16 Å². The SMILES string of the molecule is CCOC(=O)C(CC1CC(c2ccc(CCCO)cc2)=NO1)S(C)=O. The zero-order valence-corrected chi connectivity index (χ0v) is 15.5. The highest BCUT2D eigenvalue weighted by Crippen LogP contribution is 2.22. The molecule has 0 saturated heterocycles.